The molecule has 4 aliphatic heterocycles. The molecule has 30 heavy (non-hydrogen) atoms. The molecule has 0 saturated carbocycles. The molecular formula is C20H29F2N4O4+. The smallest absolute Gasteiger partial charge is 0.296 e. The third-order valence-corrected chi connectivity index (χ3v) is 7.36. The van der Waals surface area contributed by atoms with Crippen molar-refractivity contribution in [3.8, 4) is 0 Å². The highest BCUT2D eigenvalue weighted by Crippen LogP contribution is 2.46. The lowest BCUT2D eigenvalue weighted by molar-refractivity contribution is -0.972. The van der Waals surface area contributed by atoms with Gasteiger partial charge in [0.2, 0.25) is 6.23 Å². The van der Waals surface area contributed by atoms with Crippen LogP contribution in [0.5, 0.6) is 0 Å². The van der Waals surface area contributed by atoms with Gasteiger partial charge in [0.25, 0.3) is 5.92 Å². The normalized spacial score (nSPS) is 47.7. The van der Waals surface area contributed by atoms with Crippen molar-refractivity contribution in [2.24, 2.45) is 11.7 Å². The molecule has 4 unspecified atom stereocenters. The zero-order chi connectivity index (χ0) is 21.3. The van der Waals surface area contributed by atoms with E-state index in [2.05, 4.69) is 10.6 Å². The average Bonchev–Trinajstić information content (AvgIpc) is 3.22. The van der Waals surface area contributed by atoms with E-state index in [1.807, 2.05) is 7.05 Å². The molecule has 5 rings (SSSR count). The highest BCUT2D eigenvalue weighted by molar-refractivity contribution is 5.35. The van der Waals surface area contributed by atoms with Crippen LogP contribution in [0.4, 0.5) is 8.78 Å². The van der Waals surface area contributed by atoms with Crippen LogP contribution >= 0.6 is 0 Å². The maximum Gasteiger partial charge on any atom is 0.296 e. The Labute approximate surface area is 173 Å². The number of nitrogens with two attached hydrogens (primary N) is 1. The molecule has 0 radical (unpaired) electrons. The number of nitrogens with one attached hydrogen (secondary N) is 2. The SMILES string of the molecule is C[N+]1([C@@H]2O[C@H]([C@@H]3OCC(F)(F)c4ccccc43)[C@@H](O)[C@H]2O)CCC2C(N)NCNC21. The number of halogens is 2. The number of alkyl halides is 2. The summed E-state index contributed by atoms with van der Waals surface area (Å²) in [5, 5.41) is 28.4. The zero-order valence-electron chi connectivity index (χ0n) is 16.7. The van der Waals surface area contributed by atoms with Crippen molar-refractivity contribution >= 4 is 0 Å². The number of ether oxygens (including phenoxy) is 2. The molecule has 8 nitrogen and oxygen atoms in total. The van der Waals surface area contributed by atoms with Gasteiger partial charge in [-0.15, -0.1) is 0 Å². The summed E-state index contributed by atoms with van der Waals surface area (Å²) in [7, 11) is 1.97. The first-order chi connectivity index (χ1) is 14.2. The van der Waals surface area contributed by atoms with Gasteiger partial charge in [-0.1, -0.05) is 24.3 Å². The van der Waals surface area contributed by atoms with E-state index in [1.54, 1.807) is 18.2 Å². The molecule has 0 aliphatic carbocycles. The Morgan fingerprint density at radius 2 is 1.97 bits per heavy atom. The number of nitrogens with zero attached hydrogens (tertiary/aromatic N) is 1. The van der Waals surface area contributed by atoms with Crippen molar-refractivity contribution in [3.05, 3.63) is 35.4 Å². The molecule has 4 heterocycles. The fourth-order valence-corrected chi connectivity index (χ4v) is 5.75. The number of benzene rings is 1. The van der Waals surface area contributed by atoms with Crippen molar-refractivity contribution in [1.29, 1.82) is 0 Å². The summed E-state index contributed by atoms with van der Waals surface area (Å²) in [5.74, 6) is -2.95. The number of quaternary nitrogens is 1. The molecule has 10 heteroatoms. The van der Waals surface area contributed by atoms with E-state index in [4.69, 9.17) is 15.2 Å². The van der Waals surface area contributed by atoms with E-state index in [0.29, 0.717) is 17.7 Å². The van der Waals surface area contributed by atoms with Gasteiger partial charge >= 0.3 is 0 Å². The second kappa shape index (κ2) is 7.14. The zero-order valence-corrected chi connectivity index (χ0v) is 16.7. The lowest BCUT2D eigenvalue weighted by atomic mass is 9.90. The van der Waals surface area contributed by atoms with Crippen LogP contribution in [0.15, 0.2) is 24.3 Å². The summed E-state index contributed by atoms with van der Waals surface area (Å²) in [6, 6.07) is 6.16. The second-order valence-corrected chi connectivity index (χ2v) is 9.07. The van der Waals surface area contributed by atoms with Gasteiger partial charge < -0.3 is 25.4 Å². The van der Waals surface area contributed by atoms with Gasteiger partial charge in [-0.3, -0.25) is 15.1 Å². The van der Waals surface area contributed by atoms with Crippen LogP contribution in [-0.2, 0) is 15.4 Å². The number of hydrogen-bond acceptors (Lipinski definition) is 7. The van der Waals surface area contributed by atoms with Crippen molar-refractivity contribution in [2.45, 2.75) is 55.3 Å². The minimum atomic E-state index is -3.11. The first-order valence-corrected chi connectivity index (χ1v) is 10.4. The summed E-state index contributed by atoms with van der Waals surface area (Å²) in [4.78, 5) is 0. The molecule has 0 aromatic heterocycles. The molecule has 0 spiro atoms. The fraction of sp³-hybridized carbons (Fsp3) is 0.700. The van der Waals surface area contributed by atoms with Crippen molar-refractivity contribution in [3.63, 3.8) is 0 Å². The van der Waals surface area contributed by atoms with Crippen molar-refractivity contribution in [2.75, 3.05) is 26.9 Å². The fourth-order valence-electron chi connectivity index (χ4n) is 5.75. The summed E-state index contributed by atoms with van der Waals surface area (Å²) in [6.07, 6.45) is -4.37. The molecule has 1 aromatic rings. The largest absolute Gasteiger partial charge is 0.387 e. The van der Waals surface area contributed by atoms with Gasteiger partial charge in [0.1, 0.15) is 24.9 Å². The van der Waals surface area contributed by atoms with E-state index in [-0.39, 0.29) is 29.4 Å². The molecule has 166 valence electrons. The minimum absolute atomic E-state index is 0.0456. The first kappa shape index (κ1) is 20.7. The van der Waals surface area contributed by atoms with Crippen LogP contribution in [-0.4, -0.2) is 78.4 Å². The Hall–Kier alpha value is -1.24. The molecular weight excluding hydrogens is 398 g/mol. The number of aliphatic hydroxyl groups excluding tert-OH is 2. The highest BCUT2D eigenvalue weighted by Gasteiger charge is 2.62. The maximum absolute atomic E-state index is 14.3. The Bertz CT molecular complexity index is 817. The Kier molecular flexibility index (Phi) is 4.92. The van der Waals surface area contributed by atoms with E-state index >= 15 is 0 Å². The maximum atomic E-state index is 14.3. The Balaban J connectivity index is 1.43. The number of aliphatic hydroxyl groups is 2. The molecule has 0 bridgehead atoms. The predicted octanol–water partition coefficient (Wildman–Crippen LogP) is -0.476. The van der Waals surface area contributed by atoms with Gasteiger partial charge in [-0.05, 0) is 5.56 Å². The lowest BCUT2D eigenvalue weighted by Crippen LogP contribution is -2.70. The molecule has 6 N–H and O–H groups in total. The summed E-state index contributed by atoms with van der Waals surface area (Å²) < 4.78 is 40.7. The molecule has 9 atom stereocenters. The third kappa shape index (κ3) is 2.94. The molecule has 3 saturated heterocycles. The molecule has 0 amide bonds. The average molecular weight is 427 g/mol. The molecule has 3 fully saturated rings. The lowest BCUT2D eigenvalue weighted by Gasteiger charge is -2.45. The Morgan fingerprint density at radius 1 is 1.20 bits per heavy atom. The van der Waals surface area contributed by atoms with Gasteiger partial charge in [0.15, 0.2) is 12.3 Å². The number of likely N-dealkylation sites (N-methyl/N-ethyl adjacent to an activating group) is 1. The number of hydrogen-bond donors (Lipinski definition) is 5. The second-order valence-electron chi connectivity index (χ2n) is 9.07. The number of rotatable bonds is 2. The summed E-state index contributed by atoms with van der Waals surface area (Å²) in [5.41, 5.74) is 6.38. The van der Waals surface area contributed by atoms with Crippen LogP contribution in [0, 0.1) is 5.92 Å². The monoisotopic (exact) mass is 427 g/mol. The highest BCUT2D eigenvalue weighted by atomic mass is 19.3. The van der Waals surface area contributed by atoms with Gasteiger partial charge in [-0.25, -0.2) is 0 Å². The Morgan fingerprint density at radius 3 is 2.77 bits per heavy atom. The predicted molar refractivity (Wildman–Crippen MR) is 102 cm³/mol. The van der Waals surface area contributed by atoms with Crippen LogP contribution < -0.4 is 16.4 Å². The van der Waals surface area contributed by atoms with Crippen molar-refractivity contribution < 1.29 is 33.0 Å². The van der Waals surface area contributed by atoms with E-state index in [1.165, 1.54) is 6.07 Å². The summed E-state index contributed by atoms with van der Waals surface area (Å²) >= 11 is 0. The quantitative estimate of drug-likeness (QED) is 0.406. The number of fused-ring (bicyclic) bond motifs is 2. The molecule has 1 aromatic carbocycles. The van der Waals surface area contributed by atoms with Crippen LogP contribution in [0.2, 0.25) is 0 Å². The third-order valence-electron chi connectivity index (χ3n) is 7.36. The van der Waals surface area contributed by atoms with Crippen molar-refractivity contribution in [1.82, 2.24) is 10.6 Å². The van der Waals surface area contributed by atoms with Crippen LogP contribution in [0.25, 0.3) is 0 Å². The van der Waals surface area contributed by atoms with Crippen LogP contribution in [0.1, 0.15) is 23.7 Å². The summed E-state index contributed by atoms with van der Waals surface area (Å²) in [6.45, 7) is 0.457. The standard InChI is InChI=1S/C20H29F2N4O4/c1-26(7-6-11-17(23)24-9-25-18(11)26)19-14(28)13(27)16(30-19)15-10-4-2-3-5-12(10)20(21,22)8-29-15/h2-5,11,13-19,24-25,27-28H,6-9,23H2,1H3/q+1/t11?,13-,14+,15+,16-,17?,18?,19+,26?/m0/s1. The van der Waals surface area contributed by atoms with Gasteiger partial charge in [-0.2, -0.15) is 8.78 Å². The minimum Gasteiger partial charge on any atom is -0.387 e. The number of likely N-dealkylation sites (tertiary alicyclic amines) is 1. The topological polar surface area (TPSA) is 109 Å². The van der Waals surface area contributed by atoms with Gasteiger partial charge in [0.05, 0.1) is 32.3 Å². The van der Waals surface area contributed by atoms with Gasteiger partial charge in [0, 0.05) is 12.0 Å². The van der Waals surface area contributed by atoms with E-state index in [0.717, 1.165) is 6.42 Å². The molecule has 4 aliphatic rings. The van der Waals surface area contributed by atoms with E-state index < -0.39 is 43.2 Å². The first-order valence-electron chi connectivity index (χ1n) is 10.4. The van der Waals surface area contributed by atoms with E-state index in [9.17, 15) is 19.0 Å². The van der Waals surface area contributed by atoms with Crippen LogP contribution in [0.3, 0.4) is 0 Å².